The van der Waals surface area contributed by atoms with E-state index in [-0.39, 0.29) is 0 Å². The normalized spacial score (nSPS) is 10.5. The summed E-state index contributed by atoms with van der Waals surface area (Å²) in [5.74, 6) is 0.788. The minimum absolute atomic E-state index is 0.471. The monoisotopic (exact) mass is 222 g/mol. The third-order valence-corrected chi connectivity index (χ3v) is 2.54. The van der Waals surface area contributed by atoms with Gasteiger partial charge in [-0.2, -0.15) is 0 Å². The van der Waals surface area contributed by atoms with Crippen LogP contribution in [0.4, 0.5) is 5.95 Å². The molecule has 0 saturated heterocycles. The zero-order chi connectivity index (χ0) is 12.0. The maximum absolute atomic E-state index is 5.60. The molecule has 0 saturated carbocycles. The number of anilines is 1. The second-order valence-electron chi connectivity index (χ2n) is 4.13. The summed E-state index contributed by atoms with van der Waals surface area (Å²) in [5.41, 5.74) is 7.49. The van der Waals surface area contributed by atoms with Crippen molar-refractivity contribution >= 4 is 5.95 Å². The highest BCUT2D eigenvalue weighted by molar-refractivity contribution is 5.30. The van der Waals surface area contributed by atoms with E-state index in [1.807, 2.05) is 20.0 Å². The topological polar surface area (TPSA) is 55.0 Å². The number of nitrogens with two attached hydrogens (primary N) is 1. The van der Waals surface area contributed by atoms with E-state index >= 15 is 0 Å². The predicted molar refractivity (Wildman–Crippen MR) is 67.5 cm³/mol. The summed E-state index contributed by atoms with van der Waals surface area (Å²) in [5, 5.41) is 0. The van der Waals surface area contributed by atoms with Gasteiger partial charge in [0.05, 0.1) is 5.69 Å². The Labute approximate surface area is 97.9 Å². The molecule has 0 atom stereocenters. The molecule has 0 aliphatic heterocycles. The van der Waals surface area contributed by atoms with Crippen LogP contribution < -0.4 is 10.6 Å². The molecular weight excluding hydrogens is 200 g/mol. The minimum Gasteiger partial charge on any atom is -0.344 e. The van der Waals surface area contributed by atoms with Crippen LogP contribution in [-0.2, 0) is 6.54 Å². The Morgan fingerprint density at radius 3 is 2.69 bits per heavy atom. The van der Waals surface area contributed by atoms with Crippen LogP contribution >= 0.6 is 0 Å². The molecule has 0 bridgehead atoms. The van der Waals surface area contributed by atoms with Crippen molar-refractivity contribution < 1.29 is 0 Å². The largest absolute Gasteiger partial charge is 0.344 e. The Morgan fingerprint density at radius 2 is 2.06 bits per heavy atom. The first-order chi connectivity index (χ1) is 7.67. The van der Waals surface area contributed by atoms with Crippen LogP contribution in [0.25, 0.3) is 0 Å². The predicted octanol–water partition coefficient (Wildman–Crippen LogP) is 1.87. The van der Waals surface area contributed by atoms with E-state index in [4.69, 9.17) is 5.73 Å². The summed E-state index contributed by atoms with van der Waals surface area (Å²) < 4.78 is 0. The van der Waals surface area contributed by atoms with E-state index in [9.17, 15) is 0 Å². The molecular formula is C12H22N4. The Bertz CT molecular complexity index is 325. The van der Waals surface area contributed by atoms with E-state index in [1.54, 1.807) is 0 Å². The lowest BCUT2D eigenvalue weighted by Gasteiger charge is -2.17. The quantitative estimate of drug-likeness (QED) is 0.747. The standard InChI is InChI=1S/C12H22N4/c1-4-5-6-7-16(3)12-14-10(2)8-11(9-13)15-12/h8H,4-7,9,13H2,1-3H3. The fourth-order valence-electron chi connectivity index (χ4n) is 1.59. The second-order valence-corrected chi connectivity index (χ2v) is 4.13. The summed E-state index contributed by atoms with van der Waals surface area (Å²) in [6.07, 6.45) is 3.67. The molecule has 0 fully saturated rings. The molecule has 0 unspecified atom stereocenters. The fourth-order valence-corrected chi connectivity index (χ4v) is 1.59. The highest BCUT2D eigenvalue weighted by Crippen LogP contribution is 2.09. The minimum atomic E-state index is 0.471. The summed E-state index contributed by atoms with van der Waals surface area (Å²) in [6, 6.07) is 1.93. The lowest BCUT2D eigenvalue weighted by molar-refractivity contribution is 0.693. The molecule has 1 aromatic heterocycles. The summed E-state index contributed by atoms with van der Waals surface area (Å²) in [6.45, 7) is 5.65. The van der Waals surface area contributed by atoms with Gasteiger partial charge in [-0.25, -0.2) is 9.97 Å². The Kier molecular flexibility index (Phi) is 5.19. The van der Waals surface area contributed by atoms with Crippen LogP contribution in [-0.4, -0.2) is 23.6 Å². The molecule has 16 heavy (non-hydrogen) atoms. The van der Waals surface area contributed by atoms with Crippen LogP contribution in [0.15, 0.2) is 6.07 Å². The fraction of sp³-hybridized carbons (Fsp3) is 0.667. The van der Waals surface area contributed by atoms with Crippen molar-refractivity contribution in [3.05, 3.63) is 17.5 Å². The van der Waals surface area contributed by atoms with Gasteiger partial charge in [-0.15, -0.1) is 0 Å². The number of hydrogen-bond donors (Lipinski definition) is 1. The Morgan fingerprint density at radius 1 is 1.31 bits per heavy atom. The van der Waals surface area contributed by atoms with Crippen molar-refractivity contribution in [3.8, 4) is 0 Å². The van der Waals surface area contributed by atoms with Crippen LogP contribution in [0.2, 0.25) is 0 Å². The van der Waals surface area contributed by atoms with Crippen LogP contribution in [0, 0.1) is 6.92 Å². The molecule has 4 nitrogen and oxygen atoms in total. The smallest absolute Gasteiger partial charge is 0.225 e. The number of nitrogens with zero attached hydrogens (tertiary/aromatic N) is 3. The first-order valence-electron chi connectivity index (χ1n) is 5.93. The van der Waals surface area contributed by atoms with Crippen LogP contribution in [0.1, 0.15) is 37.6 Å². The van der Waals surface area contributed by atoms with Crippen molar-refractivity contribution in [3.63, 3.8) is 0 Å². The molecule has 2 N–H and O–H groups in total. The number of rotatable bonds is 6. The molecule has 0 spiro atoms. The molecule has 1 aromatic rings. The molecule has 90 valence electrons. The van der Waals surface area contributed by atoms with Gasteiger partial charge in [-0.05, 0) is 19.4 Å². The summed E-state index contributed by atoms with van der Waals surface area (Å²) in [4.78, 5) is 10.9. The summed E-state index contributed by atoms with van der Waals surface area (Å²) in [7, 11) is 2.03. The molecule has 0 aromatic carbocycles. The molecule has 0 amide bonds. The van der Waals surface area contributed by atoms with Crippen molar-refractivity contribution in [2.45, 2.75) is 39.7 Å². The molecule has 0 aliphatic carbocycles. The molecule has 0 aliphatic rings. The molecule has 0 radical (unpaired) electrons. The van der Waals surface area contributed by atoms with Crippen LogP contribution in [0.5, 0.6) is 0 Å². The third-order valence-electron chi connectivity index (χ3n) is 2.54. The maximum atomic E-state index is 5.60. The van der Waals surface area contributed by atoms with Gasteiger partial charge in [0.2, 0.25) is 5.95 Å². The third kappa shape index (κ3) is 3.77. The van der Waals surface area contributed by atoms with Gasteiger partial charge >= 0.3 is 0 Å². The summed E-state index contributed by atoms with van der Waals surface area (Å²) >= 11 is 0. The van der Waals surface area contributed by atoms with E-state index in [1.165, 1.54) is 19.3 Å². The highest BCUT2D eigenvalue weighted by Gasteiger charge is 2.06. The number of hydrogen-bond acceptors (Lipinski definition) is 4. The van der Waals surface area contributed by atoms with Gasteiger partial charge in [0.15, 0.2) is 0 Å². The maximum Gasteiger partial charge on any atom is 0.225 e. The van der Waals surface area contributed by atoms with E-state index in [0.717, 1.165) is 23.9 Å². The van der Waals surface area contributed by atoms with Crippen molar-refractivity contribution in [2.24, 2.45) is 5.73 Å². The lowest BCUT2D eigenvalue weighted by atomic mass is 10.2. The lowest BCUT2D eigenvalue weighted by Crippen LogP contribution is -2.22. The Hall–Kier alpha value is -1.16. The molecule has 4 heteroatoms. The van der Waals surface area contributed by atoms with Crippen LogP contribution in [0.3, 0.4) is 0 Å². The van der Waals surface area contributed by atoms with Crippen molar-refractivity contribution in [1.82, 2.24) is 9.97 Å². The van der Waals surface area contributed by atoms with Crippen molar-refractivity contribution in [1.29, 1.82) is 0 Å². The molecule has 1 heterocycles. The zero-order valence-electron chi connectivity index (χ0n) is 10.5. The highest BCUT2D eigenvalue weighted by atomic mass is 15.2. The van der Waals surface area contributed by atoms with E-state index in [2.05, 4.69) is 21.8 Å². The molecule has 1 rings (SSSR count). The first-order valence-corrected chi connectivity index (χ1v) is 5.93. The first kappa shape index (κ1) is 12.9. The van der Waals surface area contributed by atoms with Crippen molar-refractivity contribution in [2.75, 3.05) is 18.5 Å². The van der Waals surface area contributed by atoms with Gasteiger partial charge in [0, 0.05) is 25.8 Å². The van der Waals surface area contributed by atoms with Gasteiger partial charge < -0.3 is 10.6 Å². The number of aryl methyl sites for hydroxylation is 1. The average Bonchev–Trinajstić information content (AvgIpc) is 2.28. The SMILES string of the molecule is CCCCCN(C)c1nc(C)cc(CN)n1. The zero-order valence-corrected chi connectivity index (χ0v) is 10.5. The number of aromatic nitrogens is 2. The van der Waals surface area contributed by atoms with Gasteiger partial charge in [0.1, 0.15) is 0 Å². The van der Waals surface area contributed by atoms with Gasteiger partial charge in [-0.3, -0.25) is 0 Å². The second kappa shape index (κ2) is 6.43. The Balaban J connectivity index is 2.66. The van der Waals surface area contributed by atoms with E-state index in [0.29, 0.717) is 6.54 Å². The van der Waals surface area contributed by atoms with Gasteiger partial charge in [0.25, 0.3) is 0 Å². The average molecular weight is 222 g/mol. The number of unbranched alkanes of at least 4 members (excludes halogenated alkanes) is 2. The van der Waals surface area contributed by atoms with Gasteiger partial charge in [-0.1, -0.05) is 19.8 Å². The van der Waals surface area contributed by atoms with E-state index < -0.39 is 0 Å².